The number of aryl methyl sites for hydroxylation is 1. The number of amides is 4. The van der Waals surface area contributed by atoms with Crippen LogP contribution >= 0.6 is 23.1 Å². The molecule has 51 heavy (non-hydrogen) atoms. The second-order valence-electron chi connectivity index (χ2n) is 12.7. The van der Waals surface area contributed by atoms with Crippen molar-refractivity contribution in [2.45, 2.75) is 37.3 Å². The first kappa shape index (κ1) is 35.9. The first-order valence-electron chi connectivity index (χ1n) is 17.0. The van der Waals surface area contributed by atoms with E-state index in [1.807, 2.05) is 67.3 Å². The van der Waals surface area contributed by atoms with Gasteiger partial charge in [0, 0.05) is 81.8 Å². The molecule has 0 unspecified atom stereocenters. The first-order chi connectivity index (χ1) is 24.6. The lowest BCUT2D eigenvalue weighted by Crippen LogP contribution is -2.50. The van der Waals surface area contributed by atoms with Crippen LogP contribution in [-0.4, -0.2) is 95.9 Å². The van der Waals surface area contributed by atoms with E-state index in [2.05, 4.69) is 21.3 Å². The number of nitrogens with zero attached hydrogens (tertiary/aromatic N) is 5. The molecule has 1 N–H and O–H groups in total. The summed E-state index contributed by atoms with van der Waals surface area (Å²) in [5.41, 5.74) is 6.25. The summed E-state index contributed by atoms with van der Waals surface area (Å²) in [5.74, 6) is 0.456. The third-order valence-corrected chi connectivity index (χ3v) is 11.5. The fourth-order valence-electron chi connectivity index (χ4n) is 6.12. The van der Waals surface area contributed by atoms with Crippen LogP contribution in [0, 0.1) is 13.8 Å². The van der Waals surface area contributed by atoms with E-state index in [1.165, 1.54) is 11.3 Å². The van der Waals surface area contributed by atoms with Crippen LogP contribution in [0.4, 0.5) is 15.6 Å². The van der Waals surface area contributed by atoms with Gasteiger partial charge in [-0.15, -0.1) is 11.8 Å². The Kier molecular flexibility index (Phi) is 11.6. The monoisotopic (exact) mass is 726 g/mol. The van der Waals surface area contributed by atoms with Crippen molar-refractivity contribution in [3.63, 3.8) is 0 Å². The molecule has 1 aromatic heterocycles. The van der Waals surface area contributed by atoms with Crippen molar-refractivity contribution in [2.24, 2.45) is 0 Å². The zero-order valence-electron chi connectivity index (χ0n) is 29.1. The Morgan fingerprint density at radius 3 is 2.18 bits per heavy atom. The molecule has 4 amide bonds. The lowest BCUT2D eigenvalue weighted by molar-refractivity contribution is -0.130. The molecule has 2 fully saturated rings. The van der Waals surface area contributed by atoms with Gasteiger partial charge in [-0.3, -0.25) is 19.7 Å². The van der Waals surface area contributed by atoms with Crippen LogP contribution < -0.4 is 10.2 Å². The second kappa shape index (κ2) is 16.4. The number of anilines is 2. The van der Waals surface area contributed by atoms with E-state index in [4.69, 9.17) is 4.74 Å². The van der Waals surface area contributed by atoms with Crippen LogP contribution in [0.25, 0.3) is 0 Å². The molecule has 3 aromatic carbocycles. The van der Waals surface area contributed by atoms with Gasteiger partial charge in [0.05, 0.1) is 10.4 Å². The highest BCUT2D eigenvalue weighted by Gasteiger charge is 2.26. The van der Waals surface area contributed by atoms with Gasteiger partial charge >= 0.3 is 6.09 Å². The molecule has 4 aromatic rings. The fraction of sp³-hybridized carbons (Fsp3) is 0.342. The first-order valence-corrected chi connectivity index (χ1v) is 18.8. The van der Waals surface area contributed by atoms with Gasteiger partial charge < -0.3 is 24.3 Å². The van der Waals surface area contributed by atoms with Gasteiger partial charge in [-0.1, -0.05) is 47.7 Å². The molecule has 0 saturated carbocycles. The number of nitrogens with one attached hydrogen (secondary N) is 1. The molecule has 0 atom stereocenters. The fourth-order valence-corrected chi connectivity index (χ4v) is 7.92. The topological polar surface area (TPSA) is 115 Å². The number of hydrogen-bond donors (Lipinski definition) is 1. The molecule has 0 aliphatic carbocycles. The Labute approximate surface area is 306 Å². The van der Waals surface area contributed by atoms with Crippen molar-refractivity contribution in [2.75, 3.05) is 62.6 Å². The second-order valence-corrected chi connectivity index (χ2v) is 15.0. The molecule has 0 bridgehead atoms. The number of ether oxygens (including phenoxy) is 1. The van der Waals surface area contributed by atoms with Gasteiger partial charge in [-0.2, -0.15) is 0 Å². The van der Waals surface area contributed by atoms with Gasteiger partial charge in [0.2, 0.25) is 5.91 Å². The van der Waals surface area contributed by atoms with Crippen LogP contribution in [0.15, 0.2) is 77.1 Å². The van der Waals surface area contributed by atoms with Gasteiger partial charge in [0.25, 0.3) is 11.8 Å². The molecule has 2 saturated heterocycles. The summed E-state index contributed by atoms with van der Waals surface area (Å²) < 4.78 is 6.43. The largest absolute Gasteiger partial charge is 0.445 e. The number of thiazole rings is 1. The van der Waals surface area contributed by atoms with Crippen LogP contribution in [0.5, 0.6) is 0 Å². The highest BCUT2D eigenvalue weighted by atomic mass is 32.2. The summed E-state index contributed by atoms with van der Waals surface area (Å²) in [5, 5.41) is 3.43. The zero-order valence-corrected chi connectivity index (χ0v) is 30.7. The van der Waals surface area contributed by atoms with Crippen molar-refractivity contribution in [1.29, 1.82) is 0 Å². The number of hydrogen-bond acceptors (Lipinski definition) is 9. The number of carbonyl (C=O) groups is 4. The van der Waals surface area contributed by atoms with E-state index in [1.54, 1.807) is 46.8 Å². The standard InChI is InChI=1S/C38H42N6O5S2/c1-26-21-30(22-33(27(26)2)36(47)43-17-13-41(14-18-43)28(3)45)25-50-34-23-39-37(51-34)40-35(46)31-9-11-32(12-10-31)42-15-19-44(20-16-42)38(48)49-24-29-7-5-4-6-8-29/h4-12,21-23H,13-20,24-25H2,1-3H3,(H,39,40,46). The maximum Gasteiger partial charge on any atom is 0.410 e. The summed E-state index contributed by atoms with van der Waals surface area (Å²) >= 11 is 3.02. The zero-order chi connectivity index (χ0) is 35.9. The average Bonchev–Trinajstić information content (AvgIpc) is 3.61. The summed E-state index contributed by atoms with van der Waals surface area (Å²) in [4.78, 5) is 62.7. The van der Waals surface area contributed by atoms with Crippen molar-refractivity contribution in [1.82, 2.24) is 19.7 Å². The highest BCUT2D eigenvalue weighted by Crippen LogP contribution is 2.32. The molecule has 2 aliphatic heterocycles. The number of aromatic nitrogens is 1. The Bertz CT molecular complexity index is 1870. The van der Waals surface area contributed by atoms with Gasteiger partial charge in [-0.25, -0.2) is 9.78 Å². The number of rotatable bonds is 9. The maximum absolute atomic E-state index is 13.4. The number of carbonyl (C=O) groups excluding carboxylic acids is 4. The van der Waals surface area contributed by atoms with E-state index in [9.17, 15) is 19.2 Å². The predicted octanol–water partition coefficient (Wildman–Crippen LogP) is 6.07. The Balaban J connectivity index is 0.971. The molecular formula is C38H42N6O5S2. The summed E-state index contributed by atoms with van der Waals surface area (Å²) in [7, 11) is 0. The van der Waals surface area contributed by atoms with Gasteiger partial charge in [0.1, 0.15) is 6.61 Å². The lowest BCUT2D eigenvalue weighted by atomic mass is 9.99. The summed E-state index contributed by atoms with van der Waals surface area (Å²) in [6.07, 6.45) is 1.45. The quantitative estimate of drug-likeness (QED) is 0.207. The molecule has 2 aliphatic rings. The van der Waals surface area contributed by atoms with Crippen molar-refractivity contribution < 1.29 is 23.9 Å². The predicted molar refractivity (Wildman–Crippen MR) is 201 cm³/mol. The molecule has 11 nitrogen and oxygen atoms in total. The van der Waals surface area contributed by atoms with E-state index in [-0.39, 0.29) is 30.4 Å². The van der Waals surface area contributed by atoms with E-state index >= 15 is 0 Å². The third kappa shape index (κ3) is 9.08. The van der Waals surface area contributed by atoms with Gasteiger partial charge in [0.15, 0.2) is 5.13 Å². The molecule has 6 rings (SSSR count). The van der Waals surface area contributed by atoms with Crippen molar-refractivity contribution >= 4 is 57.7 Å². The van der Waals surface area contributed by atoms with Gasteiger partial charge in [-0.05, 0) is 66.4 Å². The SMILES string of the molecule is CC(=O)N1CCN(C(=O)c2cc(CSc3cnc(NC(=O)c4ccc(N5CCN(C(=O)OCc6ccccc6)CC5)cc4)s3)cc(C)c2C)CC1. The lowest BCUT2D eigenvalue weighted by Gasteiger charge is -2.35. The van der Waals surface area contributed by atoms with Crippen LogP contribution in [0.3, 0.4) is 0 Å². The van der Waals surface area contributed by atoms with E-state index < -0.39 is 0 Å². The minimum Gasteiger partial charge on any atom is -0.445 e. The summed E-state index contributed by atoms with van der Waals surface area (Å²) in [6.45, 7) is 10.4. The van der Waals surface area contributed by atoms with Crippen LogP contribution in [-0.2, 0) is 21.9 Å². The molecule has 266 valence electrons. The number of thioether (sulfide) groups is 1. The Hall–Kier alpha value is -4.88. The molecule has 3 heterocycles. The van der Waals surface area contributed by atoms with Crippen molar-refractivity contribution in [3.05, 3.63) is 106 Å². The number of piperazine rings is 2. The molecular weight excluding hydrogens is 685 g/mol. The normalized spacial score (nSPS) is 14.7. The summed E-state index contributed by atoms with van der Waals surface area (Å²) in [6, 6.07) is 21.2. The van der Waals surface area contributed by atoms with Crippen molar-refractivity contribution in [3.8, 4) is 0 Å². The van der Waals surface area contributed by atoms with E-state index in [0.717, 1.165) is 32.2 Å². The minimum atomic E-state index is -0.307. The third-order valence-electron chi connectivity index (χ3n) is 9.29. The average molecular weight is 727 g/mol. The Morgan fingerprint density at radius 2 is 1.49 bits per heavy atom. The van der Waals surface area contributed by atoms with E-state index in [0.29, 0.717) is 74.4 Å². The molecule has 0 radical (unpaired) electrons. The van der Waals surface area contributed by atoms with Crippen LogP contribution in [0.2, 0.25) is 0 Å². The molecule has 0 spiro atoms. The smallest absolute Gasteiger partial charge is 0.410 e. The molecule has 13 heteroatoms. The highest BCUT2D eigenvalue weighted by molar-refractivity contribution is 8.00. The minimum absolute atomic E-state index is 0.000734. The maximum atomic E-state index is 13.4. The van der Waals surface area contributed by atoms with Crippen LogP contribution in [0.1, 0.15) is 49.9 Å². The number of benzene rings is 3. The Morgan fingerprint density at radius 1 is 0.824 bits per heavy atom.